The number of carbonyl (C=O) groups is 1. The van der Waals surface area contributed by atoms with E-state index in [1.807, 2.05) is 62.4 Å². The van der Waals surface area contributed by atoms with E-state index < -0.39 is 10.0 Å². The second-order valence-corrected chi connectivity index (χ2v) is 11.3. The van der Waals surface area contributed by atoms with Crippen molar-refractivity contribution in [3.05, 3.63) is 98.4 Å². The number of rotatable bonds is 8. The number of nitrogens with one attached hydrogen (secondary N) is 1. The van der Waals surface area contributed by atoms with Gasteiger partial charge in [-0.15, -0.1) is 0 Å². The van der Waals surface area contributed by atoms with E-state index in [9.17, 15) is 13.2 Å². The largest absolute Gasteiger partial charge is 0.348 e. The summed E-state index contributed by atoms with van der Waals surface area (Å²) >= 11 is 6.82. The van der Waals surface area contributed by atoms with Crippen molar-refractivity contribution in [2.75, 3.05) is 6.54 Å². The lowest BCUT2D eigenvalue weighted by molar-refractivity contribution is -0.122. The van der Waals surface area contributed by atoms with Crippen LogP contribution in [0.25, 0.3) is 0 Å². The summed E-state index contributed by atoms with van der Waals surface area (Å²) in [6.07, 6.45) is 0. The third kappa shape index (κ3) is 6.51. The Morgan fingerprint density at radius 1 is 0.969 bits per heavy atom. The van der Waals surface area contributed by atoms with Crippen LogP contribution in [0.3, 0.4) is 0 Å². The molecule has 0 heterocycles. The molecule has 0 aromatic heterocycles. The van der Waals surface area contributed by atoms with Gasteiger partial charge in [-0.3, -0.25) is 4.79 Å². The molecular formula is C24H24Br2N2O3S. The topological polar surface area (TPSA) is 66.5 Å². The average Bonchev–Trinajstić information content (AvgIpc) is 2.75. The van der Waals surface area contributed by atoms with Gasteiger partial charge >= 0.3 is 0 Å². The fourth-order valence-electron chi connectivity index (χ4n) is 3.19. The molecule has 0 spiro atoms. The second-order valence-electron chi connectivity index (χ2n) is 7.56. The number of carbonyl (C=O) groups excluding carboxylic acids is 1. The highest BCUT2D eigenvalue weighted by Gasteiger charge is 2.27. The lowest BCUT2D eigenvalue weighted by atomic mass is 10.1. The Labute approximate surface area is 206 Å². The monoisotopic (exact) mass is 578 g/mol. The number of hydrogen-bond acceptors (Lipinski definition) is 3. The summed E-state index contributed by atoms with van der Waals surface area (Å²) in [6.45, 7) is 3.56. The van der Waals surface area contributed by atoms with E-state index in [1.54, 1.807) is 24.3 Å². The molecule has 0 saturated carbocycles. The van der Waals surface area contributed by atoms with Crippen LogP contribution in [0, 0.1) is 6.92 Å². The fraction of sp³-hybridized carbons (Fsp3) is 0.208. The maximum absolute atomic E-state index is 13.4. The molecule has 3 rings (SSSR count). The molecule has 3 aromatic carbocycles. The Kier molecular flexibility index (Phi) is 8.27. The van der Waals surface area contributed by atoms with Crippen LogP contribution in [0.4, 0.5) is 0 Å². The van der Waals surface area contributed by atoms with Crippen molar-refractivity contribution in [2.45, 2.75) is 31.3 Å². The normalized spacial score (nSPS) is 12.5. The van der Waals surface area contributed by atoms with Crippen molar-refractivity contribution < 1.29 is 13.2 Å². The van der Waals surface area contributed by atoms with Gasteiger partial charge in [0.05, 0.1) is 17.5 Å². The first-order chi connectivity index (χ1) is 15.1. The highest BCUT2D eigenvalue weighted by Crippen LogP contribution is 2.21. The van der Waals surface area contributed by atoms with Gasteiger partial charge in [0.1, 0.15) is 0 Å². The molecule has 168 valence electrons. The van der Waals surface area contributed by atoms with E-state index in [0.717, 1.165) is 25.6 Å². The maximum Gasteiger partial charge on any atom is 0.243 e. The minimum atomic E-state index is -3.88. The molecule has 0 aliphatic heterocycles. The van der Waals surface area contributed by atoms with E-state index in [-0.39, 0.29) is 29.9 Å². The molecule has 0 bridgehead atoms. The van der Waals surface area contributed by atoms with Crippen LogP contribution in [0.2, 0.25) is 0 Å². The van der Waals surface area contributed by atoms with Crippen molar-refractivity contribution in [3.8, 4) is 0 Å². The van der Waals surface area contributed by atoms with Crippen molar-refractivity contribution >= 4 is 47.8 Å². The molecule has 0 aliphatic rings. The molecular weight excluding hydrogens is 556 g/mol. The quantitative estimate of drug-likeness (QED) is 0.378. The van der Waals surface area contributed by atoms with Crippen molar-refractivity contribution in [1.29, 1.82) is 0 Å². The molecule has 5 nitrogen and oxygen atoms in total. The van der Waals surface area contributed by atoms with Crippen LogP contribution in [0.5, 0.6) is 0 Å². The van der Waals surface area contributed by atoms with Gasteiger partial charge in [-0.05, 0) is 61.4 Å². The SMILES string of the molecule is Cc1ccc(S(=O)(=O)N(CC(=O)N[C@@H](C)c2cccc(Br)c2)Cc2ccc(Br)cc2)cc1. The van der Waals surface area contributed by atoms with Crippen molar-refractivity contribution in [1.82, 2.24) is 9.62 Å². The molecule has 32 heavy (non-hydrogen) atoms. The van der Waals surface area contributed by atoms with E-state index in [1.165, 1.54) is 4.31 Å². The zero-order valence-electron chi connectivity index (χ0n) is 17.8. The summed E-state index contributed by atoms with van der Waals surface area (Å²) in [5, 5.41) is 2.91. The van der Waals surface area contributed by atoms with Gasteiger partial charge in [0, 0.05) is 15.5 Å². The Morgan fingerprint density at radius 3 is 2.25 bits per heavy atom. The smallest absolute Gasteiger partial charge is 0.243 e. The number of halogens is 2. The third-order valence-corrected chi connectivity index (χ3v) is 7.80. The number of benzene rings is 3. The Morgan fingerprint density at radius 2 is 1.62 bits per heavy atom. The molecule has 1 amide bonds. The fourth-order valence-corrected chi connectivity index (χ4v) is 5.25. The van der Waals surface area contributed by atoms with Gasteiger partial charge in [0.25, 0.3) is 0 Å². The molecule has 0 fully saturated rings. The lowest BCUT2D eigenvalue weighted by Gasteiger charge is -2.23. The first kappa shape index (κ1) is 24.6. The molecule has 3 aromatic rings. The van der Waals surface area contributed by atoms with Crippen molar-refractivity contribution in [2.24, 2.45) is 0 Å². The number of aryl methyl sites for hydroxylation is 1. The van der Waals surface area contributed by atoms with Crippen LogP contribution < -0.4 is 5.32 Å². The average molecular weight is 580 g/mol. The van der Waals surface area contributed by atoms with Gasteiger partial charge in [-0.2, -0.15) is 4.31 Å². The molecule has 0 radical (unpaired) electrons. The van der Waals surface area contributed by atoms with E-state index >= 15 is 0 Å². The molecule has 0 saturated heterocycles. The van der Waals surface area contributed by atoms with Crippen LogP contribution in [0.1, 0.15) is 29.7 Å². The Bertz CT molecular complexity index is 1180. The number of amides is 1. The standard InChI is InChI=1S/C24H24Br2N2O3S/c1-17-6-12-23(13-7-17)32(30,31)28(15-19-8-10-21(25)11-9-19)16-24(29)27-18(2)20-4-3-5-22(26)14-20/h3-14,18H,15-16H2,1-2H3,(H,27,29)/t18-/m0/s1. The number of nitrogens with zero attached hydrogens (tertiary/aromatic N) is 1. The number of sulfonamides is 1. The van der Waals surface area contributed by atoms with Crippen LogP contribution in [-0.2, 0) is 21.4 Å². The molecule has 0 unspecified atom stereocenters. The van der Waals surface area contributed by atoms with Gasteiger partial charge in [-0.25, -0.2) is 8.42 Å². The van der Waals surface area contributed by atoms with E-state index in [2.05, 4.69) is 37.2 Å². The van der Waals surface area contributed by atoms with Gasteiger partial charge in [0.2, 0.25) is 15.9 Å². The highest BCUT2D eigenvalue weighted by molar-refractivity contribution is 9.10. The predicted molar refractivity (Wildman–Crippen MR) is 134 cm³/mol. The molecule has 8 heteroatoms. The Hall–Kier alpha value is -2.00. The van der Waals surface area contributed by atoms with E-state index in [0.29, 0.717) is 0 Å². The minimum absolute atomic E-state index is 0.0855. The highest BCUT2D eigenvalue weighted by atomic mass is 79.9. The summed E-state index contributed by atoms with van der Waals surface area (Å²) in [5.74, 6) is -0.370. The van der Waals surface area contributed by atoms with Crippen LogP contribution in [0.15, 0.2) is 86.6 Å². The summed E-state index contributed by atoms with van der Waals surface area (Å²) in [7, 11) is -3.88. The third-order valence-electron chi connectivity index (χ3n) is 4.98. The zero-order valence-corrected chi connectivity index (χ0v) is 21.7. The van der Waals surface area contributed by atoms with Crippen LogP contribution in [-0.4, -0.2) is 25.2 Å². The summed E-state index contributed by atoms with van der Waals surface area (Å²) in [5.41, 5.74) is 2.68. The summed E-state index contributed by atoms with van der Waals surface area (Å²) < 4.78 is 29.8. The zero-order chi connectivity index (χ0) is 23.3. The maximum atomic E-state index is 13.4. The minimum Gasteiger partial charge on any atom is -0.348 e. The molecule has 0 aliphatic carbocycles. The summed E-state index contributed by atoms with van der Waals surface area (Å²) in [6, 6.07) is 21.4. The molecule has 1 N–H and O–H groups in total. The Balaban J connectivity index is 1.83. The second kappa shape index (κ2) is 10.7. The van der Waals surface area contributed by atoms with E-state index in [4.69, 9.17) is 0 Å². The molecule has 1 atom stereocenters. The van der Waals surface area contributed by atoms with Crippen molar-refractivity contribution in [3.63, 3.8) is 0 Å². The predicted octanol–water partition coefficient (Wildman–Crippen LogP) is 5.59. The summed E-state index contributed by atoms with van der Waals surface area (Å²) in [4.78, 5) is 13.0. The first-order valence-electron chi connectivity index (χ1n) is 10.0. The van der Waals surface area contributed by atoms with Crippen LogP contribution >= 0.6 is 31.9 Å². The number of hydrogen-bond donors (Lipinski definition) is 1. The van der Waals surface area contributed by atoms with Gasteiger partial charge in [0.15, 0.2) is 0 Å². The van der Waals surface area contributed by atoms with Gasteiger partial charge in [-0.1, -0.05) is 73.8 Å². The first-order valence-corrected chi connectivity index (χ1v) is 13.0. The van der Waals surface area contributed by atoms with Gasteiger partial charge < -0.3 is 5.32 Å². The lowest BCUT2D eigenvalue weighted by Crippen LogP contribution is -2.41.